The Balaban J connectivity index is 1.70. The minimum absolute atomic E-state index is 0.255. The molecule has 150 valence electrons. The van der Waals surface area contributed by atoms with Gasteiger partial charge in [0.15, 0.2) is 0 Å². The van der Waals surface area contributed by atoms with Crippen LogP contribution in [0.3, 0.4) is 0 Å². The molecule has 0 saturated heterocycles. The molecule has 0 bridgehead atoms. The number of hydrogen-bond donors (Lipinski definition) is 2. The Morgan fingerprint density at radius 1 is 1.14 bits per heavy atom. The molecule has 0 atom stereocenters. The summed E-state index contributed by atoms with van der Waals surface area (Å²) in [5, 5.41) is 5.50. The fraction of sp³-hybridized carbons (Fsp3) is 0.227. The Bertz CT molecular complexity index is 997. The first-order valence-corrected chi connectivity index (χ1v) is 11.2. The molecule has 0 saturated carbocycles. The third-order valence-corrected chi connectivity index (χ3v) is 6.27. The lowest BCUT2D eigenvalue weighted by molar-refractivity contribution is -0.117. The van der Waals surface area contributed by atoms with Crippen molar-refractivity contribution in [3.63, 3.8) is 0 Å². The highest BCUT2D eigenvalue weighted by atomic mass is 32.2. The van der Waals surface area contributed by atoms with E-state index in [2.05, 4.69) is 36.3 Å². The van der Waals surface area contributed by atoms with Crippen molar-refractivity contribution < 1.29 is 9.59 Å². The van der Waals surface area contributed by atoms with Gasteiger partial charge in [0.25, 0.3) is 5.91 Å². The van der Waals surface area contributed by atoms with Gasteiger partial charge >= 0.3 is 0 Å². The first-order chi connectivity index (χ1) is 13.9. The van der Waals surface area contributed by atoms with E-state index in [-0.39, 0.29) is 18.2 Å². The predicted octanol–water partition coefficient (Wildman–Crippen LogP) is 5.15. The summed E-state index contributed by atoms with van der Waals surface area (Å²) in [5.41, 5.74) is 8.55. The van der Waals surface area contributed by atoms with Gasteiger partial charge < -0.3 is 11.1 Å². The number of thiazole rings is 1. The largest absolute Gasteiger partial charge is 0.370 e. The van der Waals surface area contributed by atoms with Crippen molar-refractivity contribution in [2.24, 2.45) is 5.73 Å². The summed E-state index contributed by atoms with van der Waals surface area (Å²) in [6.07, 6.45) is 0.290. The Morgan fingerprint density at radius 2 is 1.86 bits per heavy atom. The molecule has 29 heavy (non-hydrogen) atoms. The lowest BCUT2D eigenvalue weighted by Gasteiger charge is -2.09. The van der Waals surface area contributed by atoms with Crippen molar-refractivity contribution in [2.75, 3.05) is 11.1 Å². The number of nitrogens with zero attached hydrogens (tertiary/aromatic N) is 1. The van der Waals surface area contributed by atoms with Crippen molar-refractivity contribution in [1.82, 2.24) is 4.98 Å². The van der Waals surface area contributed by atoms with Crippen LogP contribution in [0.25, 0.3) is 10.6 Å². The highest BCUT2D eigenvalue weighted by Crippen LogP contribution is 2.29. The van der Waals surface area contributed by atoms with E-state index >= 15 is 0 Å². The molecular weight excluding hydrogens is 402 g/mol. The van der Waals surface area contributed by atoms with Gasteiger partial charge in [-0.25, -0.2) is 4.98 Å². The zero-order chi connectivity index (χ0) is 20.8. The summed E-state index contributed by atoms with van der Waals surface area (Å²) in [4.78, 5) is 29.0. The zero-order valence-electron chi connectivity index (χ0n) is 16.3. The van der Waals surface area contributed by atoms with E-state index in [0.717, 1.165) is 15.5 Å². The van der Waals surface area contributed by atoms with Crippen LogP contribution in [0.2, 0.25) is 0 Å². The lowest BCUT2D eigenvalue weighted by Crippen LogP contribution is -2.13. The van der Waals surface area contributed by atoms with Gasteiger partial charge in [0, 0.05) is 28.0 Å². The van der Waals surface area contributed by atoms with Crippen LogP contribution in [-0.2, 0) is 4.79 Å². The highest BCUT2D eigenvalue weighted by Gasteiger charge is 2.14. The molecule has 0 aliphatic heterocycles. The summed E-state index contributed by atoms with van der Waals surface area (Å²) in [6.45, 7) is 4.32. The molecule has 3 N–H and O–H groups in total. The number of nitrogens with one attached hydrogen (secondary N) is 1. The number of anilines is 1. The fourth-order valence-electron chi connectivity index (χ4n) is 2.66. The van der Waals surface area contributed by atoms with E-state index in [0.29, 0.717) is 23.1 Å². The number of carbonyl (C=O) groups is 2. The number of benzene rings is 2. The first kappa shape index (κ1) is 21.1. The maximum atomic E-state index is 12.7. The van der Waals surface area contributed by atoms with Crippen LogP contribution in [0, 0.1) is 0 Å². The molecular formula is C22H23N3O2S2. The number of amides is 2. The van der Waals surface area contributed by atoms with Crippen LogP contribution in [0.1, 0.15) is 42.2 Å². The van der Waals surface area contributed by atoms with Crippen LogP contribution >= 0.6 is 23.1 Å². The van der Waals surface area contributed by atoms with Gasteiger partial charge in [-0.3, -0.25) is 9.59 Å². The average molecular weight is 426 g/mol. The monoisotopic (exact) mass is 425 g/mol. The van der Waals surface area contributed by atoms with E-state index in [1.807, 2.05) is 36.4 Å². The van der Waals surface area contributed by atoms with Crippen molar-refractivity contribution in [1.29, 1.82) is 0 Å². The van der Waals surface area contributed by atoms with E-state index in [4.69, 9.17) is 5.73 Å². The maximum absolute atomic E-state index is 12.7. The molecule has 2 aromatic carbocycles. The molecule has 0 unspecified atom stereocenters. The Morgan fingerprint density at radius 3 is 2.55 bits per heavy atom. The van der Waals surface area contributed by atoms with Gasteiger partial charge in [-0.05, 0) is 23.6 Å². The van der Waals surface area contributed by atoms with E-state index in [1.54, 1.807) is 5.38 Å². The summed E-state index contributed by atoms with van der Waals surface area (Å²) in [5.74, 6) is 0.447. The number of aromatic nitrogens is 1. The van der Waals surface area contributed by atoms with Crippen LogP contribution < -0.4 is 11.1 Å². The summed E-state index contributed by atoms with van der Waals surface area (Å²) >= 11 is 2.93. The summed E-state index contributed by atoms with van der Waals surface area (Å²) in [6, 6.07) is 15.8. The average Bonchev–Trinajstić information content (AvgIpc) is 3.19. The second-order valence-electron chi connectivity index (χ2n) is 6.83. The predicted molar refractivity (Wildman–Crippen MR) is 121 cm³/mol. The summed E-state index contributed by atoms with van der Waals surface area (Å²) in [7, 11) is 0. The van der Waals surface area contributed by atoms with E-state index in [1.165, 1.54) is 28.7 Å². The molecule has 0 fully saturated rings. The standard InChI is InChI=1S/C22H23N3O2S2/c1-14(2)15-7-9-16(10-8-15)22-25-18(13-29-22)21(27)24-17-5-3-4-6-19(17)28-12-11-20(23)26/h3-10,13-14H,11-12H2,1-2H3,(H2,23,26)(H,24,27). The van der Waals surface area contributed by atoms with Crippen LogP contribution in [0.15, 0.2) is 58.8 Å². The molecule has 0 aliphatic rings. The SMILES string of the molecule is CC(C)c1ccc(-c2nc(C(=O)Nc3ccccc3SCCC(N)=O)cs2)cc1. The van der Waals surface area contributed by atoms with Crippen molar-refractivity contribution in [2.45, 2.75) is 31.1 Å². The summed E-state index contributed by atoms with van der Waals surface area (Å²) < 4.78 is 0. The number of rotatable bonds is 8. The molecule has 0 aliphatic carbocycles. The number of carbonyl (C=O) groups excluding carboxylic acids is 2. The molecule has 1 aromatic heterocycles. The quantitative estimate of drug-likeness (QED) is 0.489. The molecule has 7 heteroatoms. The van der Waals surface area contributed by atoms with Gasteiger partial charge in [0.2, 0.25) is 5.91 Å². The van der Waals surface area contributed by atoms with Gasteiger partial charge in [-0.1, -0.05) is 50.2 Å². The highest BCUT2D eigenvalue weighted by molar-refractivity contribution is 7.99. The smallest absolute Gasteiger partial charge is 0.275 e. The van der Waals surface area contributed by atoms with E-state index < -0.39 is 0 Å². The van der Waals surface area contributed by atoms with Crippen molar-refractivity contribution in [3.8, 4) is 10.6 Å². The molecule has 3 rings (SSSR count). The van der Waals surface area contributed by atoms with E-state index in [9.17, 15) is 9.59 Å². The van der Waals surface area contributed by atoms with Crippen molar-refractivity contribution in [3.05, 3.63) is 65.2 Å². The second kappa shape index (κ2) is 9.71. The molecule has 0 radical (unpaired) electrons. The Kier molecular flexibility index (Phi) is 7.06. The zero-order valence-corrected chi connectivity index (χ0v) is 18.0. The third-order valence-electron chi connectivity index (χ3n) is 4.30. The first-order valence-electron chi connectivity index (χ1n) is 9.31. The van der Waals surface area contributed by atoms with Gasteiger partial charge in [-0.2, -0.15) is 0 Å². The van der Waals surface area contributed by atoms with Gasteiger partial charge in [0.1, 0.15) is 10.7 Å². The minimum atomic E-state index is -0.338. The van der Waals surface area contributed by atoms with Gasteiger partial charge in [0.05, 0.1) is 5.69 Å². The molecule has 5 nitrogen and oxygen atoms in total. The molecule has 0 spiro atoms. The number of thioether (sulfide) groups is 1. The van der Waals surface area contributed by atoms with Gasteiger partial charge in [-0.15, -0.1) is 23.1 Å². The fourth-order valence-corrected chi connectivity index (χ4v) is 4.44. The molecule has 2 amide bonds. The second-order valence-corrected chi connectivity index (χ2v) is 8.82. The molecule has 1 heterocycles. The number of hydrogen-bond acceptors (Lipinski definition) is 5. The topological polar surface area (TPSA) is 85.1 Å². The Labute approximate surface area is 178 Å². The van der Waals surface area contributed by atoms with Crippen LogP contribution in [-0.4, -0.2) is 22.6 Å². The van der Waals surface area contributed by atoms with Crippen molar-refractivity contribution >= 4 is 40.6 Å². The third kappa shape index (κ3) is 5.68. The maximum Gasteiger partial charge on any atom is 0.275 e. The number of para-hydroxylation sites is 1. The number of primary amides is 1. The Hall–Kier alpha value is -2.64. The molecule has 3 aromatic rings. The number of nitrogens with two attached hydrogens (primary N) is 1. The normalized spacial score (nSPS) is 10.9. The minimum Gasteiger partial charge on any atom is -0.370 e. The van der Waals surface area contributed by atoms with Crippen LogP contribution in [0.5, 0.6) is 0 Å². The van der Waals surface area contributed by atoms with Crippen LogP contribution in [0.4, 0.5) is 5.69 Å². The lowest BCUT2D eigenvalue weighted by atomic mass is 10.0.